The van der Waals surface area contributed by atoms with Crippen LogP contribution in [-0.2, 0) is 0 Å². The first kappa shape index (κ1) is 39.9. The van der Waals surface area contributed by atoms with Crippen molar-refractivity contribution in [3.63, 3.8) is 0 Å². The van der Waals surface area contributed by atoms with Gasteiger partial charge in [0.1, 0.15) is 0 Å². The third-order valence-corrected chi connectivity index (χ3v) is 14.6. The molecule has 0 saturated carbocycles. The van der Waals surface area contributed by atoms with Crippen molar-refractivity contribution in [1.82, 2.24) is 4.98 Å². The molecule has 324 valence electrons. The lowest BCUT2D eigenvalue weighted by molar-refractivity contribution is 1.40. The number of pyridine rings is 1. The summed E-state index contributed by atoms with van der Waals surface area (Å²) in [5.41, 5.74) is 15.2. The van der Waals surface area contributed by atoms with Crippen molar-refractivity contribution in [3.05, 3.63) is 261 Å². The Morgan fingerprint density at radius 1 is 0.214 bits per heavy atom. The summed E-state index contributed by atoms with van der Waals surface area (Å²) in [4.78, 5) is 5.20. The van der Waals surface area contributed by atoms with E-state index < -0.39 is 0 Å². The summed E-state index contributed by atoms with van der Waals surface area (Å²) in [6, 6.07) is 95.9. The van der Waals surface area contributed by atoms with E-state index in [1.807, 2.05) is 0 Å². The average Bonchev–Trinajstić information content (AvgIpc) is 3.43. The Labute approximate surface area is 406 Å². The topological polar surface area (TPSA) is 12.9 Å². The fourth-order valence-corrected chi connectivity index (χ4v) is 11.3. The molecule has 0 aliphatic carbocycles. The summed E-state index contributed by atoms with van der Waals surface area (Å²) in [6.07, 6.45) is 0. The molecule has 1 aromatic heterocycles. The molecule has 0 aliphatic heterocycles. The van der Waals surface area contributed by atoms with Gasteiger partial charge in [0, 0.05) is 10.9 Å². The number of hydrogen-bond donors (Lipinski definition) is 0. The van der Waals surface area contributed by atoms with Crippen molar-refractivity contribution in [2.45, 2.75) is 0 Å². The number of nitrogens with zero attached hydrogens (tertiary/aromatic N) is 1. The maximum Gasteiger partial charge on any atom is 0.0722 e. The van der Waals surface area contributed by atoms with Crippen molar-refractivity contribution in [2.75, 3.05) is 0 Å². The number of benzene rings is 13. The summed E-state index contributed by atoms with van der Waals surface area (Å²) in [5.74, 6) is 0. The molecule has 0 unspecified atom stereocenters. The fourth-order valence-electron chi connectivity index (χ4n) is 11.3. The molecule has 14 aromatic rings. The molecule has 0 aliphatic rings. The van der Waals surface area contributed by atoms with Gasteiger partial charge in [0.15, 0.2) is 0 Å². The van der Waals surface area contributed by atoms with Gasteiger partial charge in [-0.1, -0.05) is 231 Å². The highest BCUT2D eigenvalue weighted by Crippen LogP contribution is 2.47. The number of rotatable bonds is 6. The van der Waals surface area contributed by atoms with Crippen molar-refractivity contribution in [3.8, 4) is 66.9 Å². The Bertz CT molecular complexity index is 4390. The van der Waals surface area contributed by atoms with E-state index in [1.54, 1.807) is 0 Å². The first-order chi connectivity index (χ1) is 34.7. The SMILES string of the molecule is c1ccc(-c2cc(-c3ccc(-c4ccc(-c5ccc6c(-c7ccc8ccccc8c7)c7ccccc7c(-c7ccc8ccccc8c7)c6c5)c5ccccc45)cc3)c3c(ccc4ccccc43)n2)cc1. The first-order valence-corrected chi connectivity index (χ1v) is 24.2. The average molecular weight is 886 g/mol. The van der Waals surface area contributed by atoms with Crippen LogP contribution in [0.2, 0.25) is 0 Å². The number of aromatic nitrogens is 1. The summed E-state index contributed by atoms with van der Waals surface area (Å²) in [6.45, 7) is 0. The summed E-state index contributed by atoms with van der Waals surface area (Å²) >= 11 is 0. The smallest absolute Gasteiger partial charge is 0.0722 e. The van der Waals surface area contributed by atoms with Crippen LogP contribution in [0.4, 0.5) is 0 Å². The van der Waals surface area contributed by atoms with Gasteiger partial charge in [-0.2, -0.15) is 0 Å². The molecule has 14 rings (SSSR count). The zero-order chi connectivity index (χ0) is 46.1. The molecule has 0 atom stereocenters. The lowest BCUT2D eigenvalue weighted by Crippen LogP contribution is -1.93. The Morgan fingerprint density at radius 2 is 0.657 bits per heavy atom. The summed E-state index contributed by atoms with van der Waals surface area (Å²) < 4.78 is 0. The van der Waals surface area contributed by atoms with E-state index in [0.29, 0.717) is 0 Å². The molecule has 0 radical (unpaired) electrons. The van der Waals surface area contributed by atoms with Crippen LogP contribution in [0.5, 0.6) is 0 Å². The predicted molar refractivity (Wildman–Crippen MR) is 299 cm³/mol. The molecule has 70 heavy (non-hydrogen) atoms. The predicted octanol–water partition coefficient (Wildman–Crippen LogP) is 19.2. The van der Waals surface area contributed by atoms with Gasteiger partial charge in [0.25, 0.3) is 0 Å². The molecular weight excluding hydrogens is 843 g/mol. The highest BCUT2D eigenvalue weighted by molar-refractivity contribution is 6.23. The molecule has 0 N–H and O–H groups in total. The zero-order valence-corrected chi connectivity index (χ0v) is 38.3. The Morgan fingerprint density at radius 3 is 1.29 bits per heavy atom. The Balaban J connectivity index is 0.937. The minimum Gasteiger partial charge on any atom is -0.248 e. The summed E-state index contributed by atoms with van der Waals surface area (Å²) in [7, 11) is 0. The molecule has 0 bridgehead atoms. The Kier molecular flexibility index (Phi) is 9.28. The molecule has 1 nitrogen and oxygen atoms in total. The van der Waals surface area contributed by atoms with E-state index in [4.69, 9.17) is 4.98 Å². The quantitative estimate of drug-likeness (QED) is 0.120. The van der Waals surface area contributed by atoms with Crippen LogP contribution in [0, 0.1) is 0 Å². The van der Waals surface area contributed by atoms with Gasteiger partial charge in [0.2, 0.25) is 0 Å². The highest BCUT2D eigenvalue weighted by Gasteiger charge is 2.20. The second-order valence-electron chi connectivity index (χ2n) is 18.6. The van der Waals surface area contributed by atoms with Crippen molar-refractivity contribution in [1.29, 1.82) is 0 Å². The van der Waals surface area contributed by atoms with E-state index in [0.717, 1.165) is 16.8 Å². The molecule has 0 fully saturated rings. The molecule has 0 amide bonds. The zero-order valence-electron chi connectivity index (χ0n) is 38.3. The molecule has 1 heteroatoms. The van der Waals surface area contributed by atoms with Gasteiger partial charge in [-0.05, 0) is 151 Å². The molecular formula is C69H43N. The van der Waals surface area contributed by atoms with Crippen LogP contribution in [0.1, 0.15) is 0 Å². The van der Waals surface area contributed by atoms with Crippen LogP contribution in [0.15, 0.2) is 261 Å². The van der Waals surface area contributed by atoms with Gasteiger partial charge < -0.3 is 0 Å². The van der Waals surface area contributed by atoms with Crippen LogP contribution in [-0.4, -0.2) is 4.98 Å². The van der Waals surface area contributed by atoms with Gasteiger partial charge >= 0.3 is 0 Å². The lowest BCUT2D eigenvalue weighted by Gasteiger charge is -2.20. The van der Waals surface area contributed by atoms with E-state index in [9.17, 15) is 0 Å². The second-order valence-corrected chi connectivity index (χ2v) is 18.6. The minimum absolute atomic E-state index is 0.972. The van der Waals surface area contributed by atoms with E-state index in [-0.39, 0.29) is 0 Å². The van der Waals surface area contributed by atoms with Crippen molar-refractivity contribution >= 4 is 75.5 Å². The maximum atomic E-state index is 5.20. The van der Waals surface area contributed by atoms with E-state index in [2.05, 4.69) is 261 Å². The van der Waals surface area contributed by atoms with Crippen LogP contribution < -0.4 is 0 Å². The first-order valence-electron chi connectivity index (χ1n) is 24.2. The summed E-state index contributed by atoms with van der Waals surface area (Å²) in [5, 5.41) is 16.0. The minimum atomic E-state index is 0.972. The fraction of sp³-hybridized carbons (Fsp3) is 0. The molecule has 0 spiro atoms. The van der Waals surface area contributed by atoms with Gasteiger partial charge in [0.05, 0.1) is 11.2 Å². The largest absolute Gasteiger partial charge is 0.248 e. The van der Waals surface area contributed by atoms with Crippen molar-refractivity contribution < 1.29 is 0 Å². The van der Waals surface area contributed by atoms with Crippen LogP contribution in [0.25, 0.3) is 142 Å². The second kappa shape index (κ2) is 16.3. The number of fused-ring (bicyclic) bond motifs is 8. The lowest BCUT2D eigenvalue weighted by atomic mass is 9.83. The maximum absolute atomic E-state index is 5.20. The van der Waals surface area contributed by atoms with Crippen LogP contribution >= 0.6 is 0 Å². The van der Waals surface area contributed by atoms with E-state index >= 15 is 0 Å². The van der Waals surface area contributed by atoms with Gasteiger partial charge in [-0.3, -0.25) is 0 Å². The van der Waals surface area contributed by atoms with E-state index in [1.165, 1.54) is 126 Å². The third-order valence-electron chi connectivity index (χ3n) is 14.6. The van der Waals surface area contributed by atoms with Crippen LogP contribution in [0.3, 0.4) is 0 Å². The molecule has 13 aromatic carbocycles. The normalized spacial score (nSPS) is 11.7. The van der Waals surface area contributed by atoms with Gasteiger partial charge in [-0.15, -0.1) is 0 Å². The Hall–Kier alpha value is -9.17. The highest BCUT2D eigenvalue weighted by atomic mass is 14.7. The van der Waals surface area contributed by atoms with Gasteiger partial charge in [-0.25, -0.2) is 4.98 Å². The monoisotopic (exact) mass is 885 g/mol. The molecule has 0 saturated heterocycles. The molecule has 1 heterocycles. The number of hydrogen-bond acceptors (Lipinski definition) is 1. The third kappa shape index (κ3) is 6.59. The van der Waals surface area contributed by atoms with Crippen molar-refractivity contribution in [2.24, 2.45) is 0 Å². The standard InChI is InChI=1S/C69H43N/c1-2-17-49(18-3-1)66-43-63(69-57-21-9-8-16-46(57)35-39-65(69)70-66)48-30-28-47(29-31-48)55-37-38-56(59-23-11-10-22-58(55)59)52-34-36-62-64(42-52)68(54-33-27-45-15-5-7-20-51(45)41-54)61-25-13-12-24-60(61)67(62)53-32-26-44-14-4-6-19-50(44)40-53/h1-43H.